The van der Waals surface area contributed by atoms with Crippen LogP contribution in [0.2, 0.25) is 10.0 Å². The van der Waals surface area contributed by atoms with Gasteiger partial charge in [0.2, 0.25) is 0 Å². The highest BCUT2D eigenvalue weighted by atomic mass is 35.5. The maximum absolute atomic E-state index is 12.0. The number of carbonyl (C=O) groups excluding carboxylic acids is 1. The molecular weight excluding hydrogens is 335 g/mol. The van der Waals surface area contributed by atoms with Crippen molar-refractivity contribution in [3.05, 3.63) is 64.4 Å². The third-order valence-corrected chi connectivity index (χ3v) is 4.05. The number of benzene rings is 2. The van der Waals surface area contributed by atoms with Crippen LogP contribution in [0.3, 0.4) is 0 Å². The van der Waals surface area contributed by atoms with Crippen LogP contribution < -0.4 is 5.43 Å². The number of halogens is 2. The average Bonchev–Trinajstić information content (AvgIpc) is 2.95. The second-order valence-corrected chi connectivity index (χ2v) is 5.58. The molecule has 7 heteroatoms. The van der Waals surface area contributed by atoms with E-state index in [0.29, 0.717) is 15.6 Å². The molecule has 1 amide bonds. The summed E-state index contributed by atoms with van der Waals surface area (Å²) >= 11 is 12.0. The molecular formula is C16H12Cl2N4O. The van der Waals surface area contributed by atoms with Crippen molar-refractivity contribution in [2.45, 2.75) is 6.54 Å². The lowest BCUT2D eigenvalue weighted by atomic mass is 10.2. The maximum atomic E-state index is 12.0. The third-order valence-electron chi connectivity index (χ3n) is 3.22. The quantitative estimate of drug-likeness (QED) is 0.580. The van der Waals surface area contributed by atoms with E-state index in [1.54, 1.807) is 29.1 Å². The molecule has 0 bridgehead atoms. The number of amides is 1. The summed E-state index contributed by atoms with van der Waals surface area (Å²) < 4.78 is 1.76. The molecule has 0 radical (unpaired) electrons. The minimum atomic E-state index is -0.262. The average molecular weight is 347 g/mol. The van der Waals surface area contributed by atoms with E-state index in [1.165, 1.54) is 6.21 Å². The predicted molar refractivity (Wildman–Crippen MR) is 91.9 cm³/mol. The monoisotopic (exact) mass is 346 g/mol. The van der Waals surface area contributed by atoms with E-state index in [0.717, 1.165) is 11.0 Å². The molecule has 0 atom stereocenters. The fourth-order valence-corrected chi connectivity index (χ4v) is 2.48. The van der Waals surface area contributed by atoms with Crippen molar-refractivity contribution in [3.8, 4) is 0 Å². The fraction of sp³-hybridized carbons (Fsp3) is 0.0625. The standard InChI is InChI=1S/C16H12Cl2N4O/c17-12-5-3-4-11(16(12)18)8-20-21-15(23)9-22-10-19-13-6-1-2-7-14(13)22/h1-8,10H,9H2,(H,21,23). The van der Waals surface area contributed by atoms with E-state index in [1.807, 2.05) is 24.3 Å². The Bertz CT molecular complexity index is 889. The number of hydrazone groups is 1. The molecule has 1 aromatic heterocycles. The van der Waals surface area contributed by atoms with Crippen LogP contribution >= 0.6 is 23.2 Å². The number of aromatic nitrogens is 2. The third kappa shape index (κ3) is 3.52. The lowest BCUT2D eigenvalue weighted by molar-refractivity contribution is -0.121. The zero-order valence-electron chi connectivity index (χ0n) is 11.9. The van der Waals surface area contributed by atoms with Gasteiger partial charge in [-0.2, -0.15) is 5.10 Å². The summed E-state index contributed by atoms with van der Waals surface area (Å²) in [5.74, 6) is -0.262. The molecule has 0 saturated carbocycles. The number of carbonyl (C=O) groups is 1. The first-order valence-corrected chi connectivity index (χ1v) is 7.56. The summed E-state index contributed by atoms with van der Waals surface area (Å²) in [5, 5.41) is 4.74. The zero-order valence-corrected chi connectivity index (χ0v) is 13.4. The molecule has 0 unspecified atom stereocenters. The number of rotatable bonds is 4. The minimum Gasteiger partial charge on any atom is -0.321 e. The Balaban J connectivity index is 1.66. The molecule has 3 rings (SSSR count). The summed E-state index contributed by atoms with van der Waals surface area (Å²) in [6, 6.07) is 12.8. The summed E-state index contributed by atoms with van der Waals surface area (Å²) in [5.41, 5.74) is 4.83. The van der Waals surface area contributed by atoms with Crippen molar-refractivity contribution < 1.29 is 4.79 Å². The van der Waals surface area contributed by atoms with Gasteiger partial charge >= 0.3 is 0 Å². The number of para-hydroxylation sites is 2. The smallest absolute Gasteiger partial charge is 0.260 e. The molecule has 0 spiro atoms. The molecule has 1 N–H and O–H groups in total. The van der Waals surface area contributed by atoms with E-state index in [2.05, 4.69) is 15.5 Å². The van der Waals surface area contributed by atoms with Gasteiger partial charge in [-0.25, -0.2) is 10.4 Å². The topological polar surface area (TPSA) is 59.3 Å². The molecule has 0 fully saturated rings. The molecule has 0 aliphatic heterocycles. The fourth-order valence-electron chi connectivity index (χ4n) is 2.12. The summed E-state index contributed by atoms with van der Waals surface area (Å²) in [4.78, 5) is 16.2. The lowest BCUT2D eigenvalue weighted by Gasteiger charge is -2.03. The Labute approximate surface area is 142 Å². The normalized spacial score (nSPS) is 11.2. The summed E-state index contributed by atoms with van der Waals surface area (Å²) in [6.07, 6.45) is 3.08. The molecule has 116 valence electrons. The number of fused-ring (bicyclic) bond motifs is 1. The second-order valence-electron chi connectivity index (χ2n) is 4.80. The zero-order chi connectivity index (χ0) is 16.2. The first-order chi connectivity index (χ1) is 11.1. The van der Waals surface area contributed by atoms with E-state index < -0.39 is 0 Å². The maximum Gasteiger partial charge on any atom is 0.260 e. The van der Waals surface area contributed by atoms with Gasteiger partial charge in [-0.05, 0) is 18.2 Å². The lowest BCUT2D eigenvalue weighted by Crippen LogP contribution is -2.22. The van der Waals surface area contributed by atoms with Gasteiger partial charge in [0.15, 0.2) is 0 Å². The Hall–Kier alpha value is -2.37. The molecule has 5 nitrogen and oxygen atoms in total. The largest absolute Gasteiger partial charge is 0.321 e. The van der Waals surface area contributed by atoms with Crippen molar-refractivity contribution in [2.24, 2.45) is 5.10 Å². The van der Waals surface area contributed by atoms with Gasteiger partial charge in [-0.1, -0.05) is 47.5 Å². The predicted octanol–water partition coefficient (Wildman–Crippen LogP) is 3.49. The number of hydrogen-bond acceptors (Lipinski definition) is 3. The Morgan fingerprint density at radius 2 is 2.04 bits per heavy atom. The first kappa shape index (κ1) is 15.5. The van der Waals surface area contributed by atoms with E-state index in [4.69, 9.17) is 23.2 Å². The molecule has 3 aromatic rings. The van der Waals surface area contributed by atoms with Crippen LogP contribution in [0.25, 0.3) is 11.0 Å². The number of imidazole rings is 1. The summed E-state index contributed by atoms with van der Waals surface area (Å²) in [7, 11) is 0. The highest BCUT2D eigenvalue weighted by Gasteiger charge is 2.06. The highest BCUT2D eigenvalue weighted by molar-refractivity contribution is 6.43. The van der Waals surface area contributed by atoms with Crippen LogP contribution in [0.4, 0.5) is 0 Å². The van der Waals surface area contributed by atoms with Gasteiger partial charge in [0.25, 0.3) is 5.91 Å². The summed E-state index contributed by atoms with van der Waals surface area (Å²) in [6.45, 7) is 0.126. The Morgan fingerprint density at radius 1 is 1.22 bits per heavy atom. The van der Waals surface area contributed by atoms with Crippen molar-refractivity contribution >= 4 is 46.4 Å². The van der Waals surface area contributed by atoms with Gasteiger partial charge in [0, 0.05) is 5.56 Å². The van der Waals surface area contributed by atoms with Crippen LogP contribution in [-0.2, 0) is 11.3 Å². The molecule has 0 aliphatic rings. The highest BCUT2D eigenvalue weighted by Crippen LogP contribution is 2.24. The van der Waals surface area contributed by atoms with Crippen LogP contribution in [0.5, 0.6) is 0 Å². The van der Waals surface area contributed by atoms with Crippen LogP contribution in [0.15, 0.2) is 53.9 Å². The number of nitrogens with one attached hydrogen (secondary N) is 1. The molecule has 23 heavy (non-hydrogen) atoms. The van der Waals surface area contributed by atoms with Crippen molar-refractivity contribution in [2.75, 3.05) is 0 Å². The first-order valence-electron chi connectivity index (χ1n) is 6.81. The van der Waals surface area contributed by atoms with Crippen molar-refractivity contribution in [1.29, 1.82) is 0 Å². The van der Waals surface area contributed by atoms with E-state index >= 15 is 0 Å². The van der Waals surface area contributed by atoms with Crippen LogP contribution in [-0.4, -0.2) is 21.7 Å². The Kier molecular flexibility index (Phi) is 4.60. The van der Waals surface area contributed by atoms with Crippen molar-refractivity contribution in [1.82, 2.24) is 15.0 Å². The van der Waals surface area contributed by atoms with Gasteiger partial charge in [-0.3, -0.25) is 4.79 Å². The van der Waals surface area contributed by atoms with Crippen molar-refractivity contribution in [3.63, 3.8) is 0 Å². The molecule has 1 heterocycles. The van der Waals surface area contributed by atoms with Gasteiger partial charge < -0.3 is 4.57 Å². The minimum absolute atomic E-state index is 0.126. The molecule has 0 aliphatic carbocycles. The number of nitrogens with zero attached hydrogens (tertiary/aromatic N) is 3. The Morgan fingerprint density at radius 3 is 2.91 bits per heavy atom. The molecule has 0 saturated heterocycles. The van der Waals surface area contributed by atoms with Gasteiger partial charge in [-0.15, -0.1) is 0 Å². The second kappa shape index (κ2) is 6.81. The van der Waals surface area contributed by atoms with Gasteiger partial charge in [0.05, 0.1) is 33.6 Å². The van der Waals surface area contributed by atoms with Gasteiger partial charge in [0.1, 0.15) is 6.54 Å². The SMILES string of the molecule is O=C(Cn1cnc2ccccc21)NN=Cc1cccc(Cl)c1Cl. The number of hydrogen-bond donors (Lipinski definition) is 1. The molecule has 2 aromatic carbocycles. The van der Waals surface area contributed by atoms with Crippen LogP contribution in [0, 0.1) is 0 Å². The van der Waals surface area contributed by atoms with E-state index in [9.17, 15) is 4.79 Å². The van der Waals surface area contributed by atoms with E-state index in [-0.39, 0.29) is 12.5 Å². The van der Waals surface area contributed by atoms with Crippen LogP contribution in [0.1, 0.15) is 5.56 Å².